The van der Waals surface area contributed by atoms with Gasteiger partial charge in [-0.3, -0.25) is 0 Å². The van der Waals surface area contributed by atoms with Crippen molar-refractivity contribution in [1.29, 1.82) is 0 Å². The molecule has 66 valence electrons. The zero-order chi connectivity index (χ0) is 9.07. The lowest BCUT2D eigenvalue weighted by atomic mass is 10.1. The number of hydrogen-bond donors (Lipinski definition) is 5. The van der Waals surface area contributed by atoms with Gasteiger partial charge in [-0.15, -0.1) is 0 Å². The number of hydrogen-bond acceptors (Lipinski definition) is 5. The fraction of sp³-hybridized carbons (Fsp3) is 0.800. The maximum atomic E-state index is 10.00. The Morgan fingerprint density at radius 2 is 1.91 bits per heavy atom. The van der Waals surface area contributed by atoms with Gasteiger partial charge in [-0.2, -0.15) is 0 Å². The summed E-state index contributed by atoms with van der Waals surface area (Å²) in [6.45, 7) is -0.517. The van der Waals surface area contributed by atoms with E-state index in [-0.39, 0.29) is 0 Å². The molecule has 0 spiro atoms. The fourth-order valence-corrected chi connectivity index (χ4v) is 0.466. The van der Waals surface area contributed by atoms with Gasteiger partial charge in [0.15, 0.2) is 0 Å². The van der Waals surface area contributed by atoms with Crippen molar-refractivity contribution in [3.8, 4) is 0 Å². The SMILES string of the molecule is O=C(O)C(O)(O)C(O)CCO. The molecule has 0 aromatic carbocycles. The number of carboxylic acid groups (broad SMARTS) is 1. The van der Waals surface area contributed by atoms with Gasteiger partial charge in [0.2, 0.25) is 0 Å². The molecule has 0 rings (SSSR count). The van der Waals surface area contributed by atoms with E-state index < -0.39 is 30.9 Å². The van der Waals surface area contributed by atoms with Crippen molar-refractivity contribution in [2.24, 2.45) is 0 Å². The Kier molecular flexibility index (Phi) is 3.40. The summed E-state index contributed by atoms with van der Waals surface area (Å²) in [4.78, 5) is 10.00. The molecule has 0 saturated carbocycles. The molecule has 0 fully saturated rings. The van der Waals surface area contributed by atoms with E-state index in [0.717, 1.165) is 0 Å². The van der Waals surface area contributed by atoms with Crippen LogP contribution in [0.1, 0.15) is 6.42 Å². The van der Waals surface area contributed by atoms with Crippen molar-refractivity contribution in [3.05, 3.63) is 0 Å². The van der Waals surface area contributed by atoms with Gasteiger partial charge < -0.3 is 25.5 Å². The minimum Gasteiger partial charge on any atom is -0.477 e. The van der Waals surface area contributed by atoms with Crippen LogP contribution in [0.25, 0.3) is 0 Å². The van der Waals surface area contributed by atoms with Gasteiger partial charge in [0.05, 0.1) is 0 Å². The summed E-state index contributed by atoms with van der Waals surface area (Å²) in [6, 6.07) is 0. The first-order valence-corrected chi connectivity index (χ1v) is 2.90. The Hall–Kier alpha value is -0.690. The van der Waals surface area contributed by atoms with Crippen molar-refractivity contribution in [2.45, 2.75) is 18.3 Å². The molecule has 0 aliphatic carbocycles. The topological polar surface area (TPSA) is 118 Å². The predicted octanol–water partition coefficient (Wildman–Crippen LogP) is -2.50. The lowest BCUT2D eigenvalue weighted by molar-refractivity contribution is -0.237. The normalized spacial score (nSPS) is 14.5. The Morgan fingerprint density at radius 3 is 2.18 bits per heavy atom. The minimum atomic E-state index is -3.18. The number of aliphatic hydroxyl groups is 4. The van der Waals surface area contributed by atoms with Crippen LogP contribution in [0.15, 0.2) is 0 Å². The smallest absolute Gasteiger partial charge is 0.366 e. The predicted molar refractivity (Wildman–Crippen MR) is 32.5 cm³/mol. The lowest BCUT2D eigenvalue weighted by Gasteiger charge is -2.21. The molecule has 6 heteroatoms. The van der Waals surface area contributed by atoms with Gasteiger partial charge in [-0.25, -0.2) is 4.79 Å². The molecule has 0 bridgehead atoms. The highest BCUT2D eigenvalue weighted by Crippen LogP contribution is 2.09. The Bertz CT molecular complexity index is 142. The first-order chi connectivity index (χ1) is 4.92. The molecule has 11 heavy (non-hydrogen) atoms. The highest BCUT2D eigenvalue weighted by atomic mass is 16.6. The van der Waals surface area contributed by atoms with Crippen LogP contribution in [-0.4, -0.2) is 50.0 Å². The number of carbonyl (C=O) groups is 1. The largest absolute Gasteiger partial charge is 0.477 e. The van der Waals surface area contributed by atoms with Crippen LogP contribution in [0.3, 0.4) is 0 Å². The van der Waals surface area contributed by atoms with Gasteiger partial charge in [0, 0.05) is 13.0 Å². The summed E-state index contributed by atoms with van der Waals surface area (Å²) in [5, 5.41) is 42.2. The summed E-state index contributed by atoms with van der Waals surface area (Å²) < 4.78 is 0. The molecule has 0 aromatic rings. The maximum absolute atomic E-state index is 10.00. The molecule has 0 aliphatic rings. The Balaban J connectivity index is 4.17. The Labute approximate surface area is 62.3 Å². The second-order valence-electron chi connectivity index (χ2n) is 2.06. The average molecular weight is 166 g/mol. The van der Waals surface area contributed by atoms with Gasteiger partial charge in [-0.1, -0.05) is 0 Å². The van der Waals surface area contributed by atoms with Crippen LogP contribution in [-0.2, 0) is 4.79 Å². The van der Waals surface area contributed by atoms with Crippen LogP contribution in [0.2, 0.25) is 0 Å². The van der Waals surface area contributed by atoms with Crippen LogP contribution in [0.4, 0.5) is 0 Å². The van der Waals surface area contributed by atoms with E-state index in [4.69, 9.17) is 25.5 Å². The number of aliphatic carboxylic acids is 1. The Morgan fingerprint density at radius 1 is 1.45 bits per heavy atom. The monoisotopic (exact) mass is 166 g/mol. The quantitative estimate of drug-likeness (QED) is 0.294. The molecule has 0 saturated heterocycles. The van der Waals surface area contributed by atoms with E-state index in [9.17, 15) is 4.79 Å². The van der Waals surface area contributed by atoms with Crippen LogP contribution in [0.5, 0.6) is 0 Å². The molecular formula is C5H10O6. The molecule has 1 atom stereocenters. The van der Waals surface area contributed by atoms with E-state index in [0.29, 0.717) is 0 Å². The van der Waals surface area contributed by atoms with E-state index >= 15 is 0 Å². The zero-order valence-corrected chi connectivity index (χ0v) is 5.64. The summed E-state index contributed by atoms with van der Waals surface area (Å²) >= 11 is 0. The number of carboxylic acids is 1. The van der Waals surface area contributed by atoms with Gasteiger partial charge in [0.25, 0.3) is 5.79 Å². The second kappa shape index (κ2) is 3.63. The van der Waals surface area contributed by atoms with Gasteiger partial charge in [-0.05, 0) is 0 Å². The van der Waals surface area contributed by atoms with Crippen molar-refractivity contribution in [3.63, 3.8) is 0 Å². The molecule has 0 radical (unpaired) electrons. The first kappa shape index (κ1) is 10.3. The molecule has 5 N–H and O–H groups in total. The molecule has 0 aliphatic heterocycles. The maximum Gasteiger partial charge on any atom is 0.366 e. The van der Waals surface area contributed by atoms with Gasteiger partial charge in [0.1, 0.15) is 6.10 Å². The number of rotatable bonds is 4. The van der Waals surface area contributed by atoms with Gasteiger partial charge >= 0.3 is 5.97 Å². The molecule has 6 nitrogen and oxygen atoms in total. The zero-order valence-electron chi connectivity index (χ0n) is 5.64. The molecule has 0 aromatic heterocycles. The van der Waals surface area contributed by atoms with Crippen molar-refractivity contribution in [2.75, 3.05) is 6.61 Å². The number of aliphatic hydroxyl groups excluding tert-OH is 2. The fourth-order valence-electron chi connectivity index (χ4n) is 0.466. The molecular weight excluding hydrogens is 156 g/mol. The third-order valence-corrected chi connectivity index (χ3v) is 1.18. The van der Waals surface area contributed by atoms with E-state index in [2.05, 4.69) is 0 Å². The van der Waals surface area contributed by atoms with Crippen molar-refractivity contribution >= 4 is 5.97 Å². The molecule has 0 heterocycles. The summed E-state index contributed by atoms with van der Waals surface area (Å²) in [7, 11) is 0. The molecule has 1 unspecified atom stereocenters. The highest BCUT2D eigenvalue weighted by Gasteiger charge is 2.41. The summed E-state index contributed by atoms with van der Waals surface area (Å²) in [5.41, 5.74) is 0. The van der Waals surface area contributed by atoms with Crippen molar-refractivity contribution < 1.29 is 30.3 Å². The minimum absolute atomic E-state index is 0.403. The van der Waals surface area contributed by atoms with Crippen LogP contribution < -0.4 is 0 Å². The van der Waals surface area contributed by atoms with Crippen LogP contribution in [0, 0.1) is 0 Å². The summed E-state index contributed by atoms with van der Waals surface area (Å²) in [5.74, 6) is -5.12. The average Bonchev–Trinajstić information content (AvgIpc) is 1.88. The third-order valence-electron chi connectivity index (χ3n) is 1.18. The lowest BCUT2D eigenvalue weighted by Crippen LogP contribution is -2.49. The first-order valence-electron chi connectivity index (χ1n) is 2.90. The van der Waals surface area contributed by atoms with E-state index in [1.54, 1.807) is 0 Å². The van der Waals surface area contributed by atoms with Crippen LogP contribution >= 0.6 is 0 Å². The van der Waals surface area contributed by atoms with E-state index in [1.165, 1.54) is 0 Å². The second-order valence-corrected chi connectivity index (χ2v) is 2.06. The summed E-state index contributed by atoms with van der Waals surface area (Å²) in [6.07, 6.45) is -2.29. The van der Waals surface area contributed by atoms with Crippen molar-refractivity contribution in [1.82, 2.24) is 0 Å². The third kappa shape index (κ3) is 2.43. The van der Waals surface area contributed by atoms with E-state index in [1.807, 2.05) is 0 Å². The molecule has 0 amide bonds. The highest BCUT2D eigenvalue weighted by molar-refractivity contribution is 5.75. The standard InChI is InChI=1S/C5H10O6/c6-2-1-3(7)5(10,11)4(8)9/h3,6-7,10-11H,1-2H2,(H,8,9).